The van der Waals surface area contributed by atoms with Gasteiger partial charge in [-0.1, -0.05) is 11.6 Å². The second-order valence-electron chi connectivity index (χ2n) is 2.90. The van der Waals surface area contributed by atoms with Crippen LogP contribution < -0.4 is 10.5 Å². The smallest absolute Gasteiger partial charge is 0.225 e. The number of methoxy groups -OCH3 is 1. The number of nitrogens with two attached hydrogens (primary N) is 1. The van der Waals surface area contributed by atoms with Gasteiger partial charge in [0.05, 0.1) is 18.5 Å². The molecule has 0 saturated carbocycles. The summed E-state index contributed by atoms with van der Waals surface area (Å²) in [6.07, 6.45) is 1.68. The second kappa shape index (κ2) is 4.08. The first kappa shape index (κ1) is 10.3. The Hall–Kier alpha value is -1.27. The third kappa shape index (κ3) is 2.21. The van der Waals surface area contributed by atoms with E-state index in [2.05, 4.69) is 9.47 Å². The molecule has 0 aliphatic heterocycles. The molecule has 0 unspecified atom stereocenters. The maximum Gasteiger partial charge on any atom is 0.225 e. The summed E-state index contributed by atoms with van der Waals surface area (Å²) in [4.78, 5) is 1.03. The van der Waals surface area contributed by atoms with Crippen LogP contribution in [0.5, 0.6) is 5.88 Å². The number of rotatable bonds is 3. The van der Waals surface area contributed by atoms with Gasteiger partial charge in [0, 0.05) is 12.3 Å². The van der Waals surface area contributed by atoms with E-state index >= 15 is 0 Å². The lowest BCUT2D eigenvalue weighted by Gasteiger charge is -1.95. The standard InChI is InChI=1S/C8H9ClN4OS/c1-14-7-2-5(15-12-7)3-13-4-6(9)8(10)11-13/h2,4H,3H2,1H3,(H2,10,11). The SMILES string of the molecule is COc1cc(Cn2cc(Cl)c(N)n2)sn1. The van der Waals surface area contributed by atoms with Gasteiger partial charge in [0.15, 0.2) is 5.82 Å². The summed E-state index contributed by atoms with van der Waals surface area (Å²) in [6.45, 7) is 0.595. The summed E-state index contributed by atoms with van der Waals surface area (Å²) >= 11 is 7.15. The molecule has 0 radical (unpaired) electrons. The Morgan fingerprint density at radius 1 is 1.67 bits per heavy atom. The van der Waals surface area contributed by atoms with E-state index in [0.717, 1.165) is 4.88 Å². The van der Waals surface area contributed by atoms with Crippen LogP contribution in [-0.2, 0) is 6.54 Å². The lowest BCUT2D eigenvalue weighted by Crippen LogP contribution is -1.99. The number of hydrogen-bond acceptors (Lipinski definition) is 5. The van der Waals surface area contributed by atoms with Crippen molar-refractivity contribution in [1.82, 2.24) is 14.2 Å². The molecule has 0 atom stereocenters. The first-order valence-electron chi connectivity index (χ1n) is 4.17. The summed E-state index contributed by atoms with van der Waals surface area (Å²) in [7, 11) is 1.58. The van der Waals surface area contributed by atoms with Crippen LogP contribution in [0.25, 0.3) is 0 Å². The Morgan fingerprint density at radius 2 is 2.47 bits per heavy atom. The minimum Gasteiger partial charge on any atom is -0.480 e. The van der Waals surface area contributed by atoms with Crippen LogP contribution in [-0.4, -0.2) is 21.3 Å². The molecule has 0 amide bonds. The zero-order chi connectivity index (χ0) is 10.8. The molecule has 0 spiro atoms. The Bertz CT molecular complexity index is 447. The van der Waals surface area contributed by atoms with E-state index in [9.17, 15) is 0 Å². The zero-order valence-electron chi connectivity index (χ0n) is 7.98. The predicted octanol–water partition coefficient (Wildman–Crippen LogP) is 1.63. The molecule has 0 aliphatic carbocycles. The Labute approximate surface area is 95.6 Å². The van der Waals surface area contributed by atoms with Crippen molar-refractivity contribution in [2.45, 2.75) is 6.54 Å². The fourth-order valence-electron chi connectivity index (χ4n) is 1.12. The van der Waals surface area contributed by atoms with Crippen molar-refractivity contribution in [2.24, 2.45) is 0 Å². The minimum absolute atomic E-state index is 0.341. The van der Waals surface area contributed by atoms with E-state index < -0.39 is 0 Å². The van der Waals surface area contributed by atoms with Gasteiger partial charge in [-0.15, -0.1) is 0 Å². The fourth-order valence-corrected chi connectivity index (χ4v) is 1.95. The summed E-state index contributed by atoms with van der Waals surface area (Å²) in [5, 5.41) is 4.51. The number of anilines is 1. The molecule has 7 heteroatoms. The van der Waals surface area contributed by atoms with E-state index in [1.54, 1.807) is 18.0 Å². The Morgan fingerprint density at radius 3 is 3.00 bits per heavy atom. The van der Waals surface area contributed by atoms with E-state index in [1.807, 2.05) is 6.07 Å². The first-order valence-corrected chi connectivity index (χ1v) is 5.32. The summed E-state index contributed by atoms with van der Waals surface area (Å²) in [5.74, 6) is 0.953. The van der Waals surface area contributed by atoms with E-state index in [-0.39, 0.29) is 0 Å². The molecule has 2 aromatic rings. The van der Waals surface area contributed by atoms with Crippen molar-refractivity contribution in [1.29, 1.82) is 0 Å². The normalized spacial score (nSPS) is 10.5. The molecule has 0 bridgehead atoms. The highest BCUT2D eigenvalue weighted by Crippen LogP contribution is 2.20. The largest absolute Gasteiger partial charge is 0.480 e. The van der Waals surface area contributed by atoms with E-state index in [0.29, 0.717) is 23.3 Å². The molecule has 2 N–H and O–H groups in total. The number of halogens is 1. The average Bonchev–Trinajstić information content (AvgIpc) is 2.76. The highest BCUT2D eigenvalue weighted by atomic mass is 35.5. The van der Waals surface area contributed by atoms with Crippen LogP contribution in [0.2, 0.25) is 5.02 Å². The number of aromatic nitrogens is 3. The van der Waals surface area contributed by atoms with Crippen LogP contribution >= 0.6 is 23.1 Å². The lowest BCUT2D eigenvalue weighted by molar-refractivity contribution is 0.402. The van der Waals surface area contributed by atoms with Crippen molar-refractivity contribution in [3.8, 4) is 5.88 Å². The Kier molecular flexibility index (Phi) is 2.79. The monoisotopic (exact) mass is 244 g/mol. The second-order valence-corrected chi connectivity index (χ2v) is 4.19. The Balaban J connectivity index is 2.14. The molecule has 0 fully saturated rings. The topological polar surface area (TPSA) is 66.0 Å². The van der Waals surface area contributed by atoms with Crippen LogP contribution in [0.1, 0.15) is 4.88 Å². The van der Waals surface area contributed by atoms with Crippen LogP contribution in [0.15, 0.2) is 12.3 Å². The molecule has 80 valence electrons. The van der Waals surface area contributed by atoms with Crippen molar-refractivity contribution < 1.29 is 4.74 Å². The zero-order valence-corrected chi connectivity index (χ0v) is 9.55. The molecule has 2 heterocycles. The van der Waals surface area contributed by atoms with Crippen LogP contribution in [0.4, 0.5) is 5.82 Å². The van der Waals surface area contributed by atoms with Crippen molar-refractivity contribution in [3.63, 3.8) is 0 Å². The molecule has 2 rings (SSSR count). The molecule has 0 aliphatic rings. The van der Waals surface area contributed by atoms with Gasteiger partial charge in [0.25, 0.3) is 0 Å². The van der Waals surface area contributed by atoms with E-state index in [4.69, 9.17) is 22.1 Å². The van der Waals surface area contributed by atoms with E-state index in [1.165, 1.54) is 11.5 Å². The van der Waals surface area contributed by atoms with Gasteiger partial charge in [0.1, 0.15) is 5.02 Å². The van der Waals surface area contributed by atoms with Crippen molar-refractivity contribution in [3.05, 3.63) is 22.2 Å². The van der Waals surface area contributed by atoms with Gasteiger partial charge in [0.2, 0.25) is 5.88 Å². The number of nitrogens with zero attached hydrogens (tertiary/aromatic N) is 3. The third-order valence-electron chi connectivity index (χ3n) is 1.81. The van der Waals surface area contributed by atoms with Gasteiger partial charge in [-0.25, -0.2) is 0 Å². The number of hydrogen-bond donors (Lipinski definition) is 1. The lowest BCUT2D eigenvalue weighted by atomic mass is 10.5. The molecule has 2 aromatic heterocycles. The molecule has 0 saturated heterocycles. The van der Waals surface area contributed by atoms with Gasteiger partial charge < -0.3 is 10.5 Å². The molecule has 5 nitrogen and oxygen atoms in total. The average molecular weight is 245 g/mol. The highest BCUT2D eigenvalue weighted by molar-refractivity contribution is 7.05. The summed E-state index contributed by atoms with van der Waals surface area (Å²) in [6, 6.07) is 1.86. The predicted molar refractivity (Wildman–Crippen MR) is 59.4 cm³/mol. The van der Waals surface area contributed by atoms with Gasteiger partial charge in [-0.3, -0.25) is 4.68 Å². The van der Waals surface area contributed by atoms with Crippen LogP contribution in [0, 0.1) is 0 Å². The highest BCUT2D eigenvalue weighted by Gasteiger charge is 2.06. The molecule has 0 aromatic carbocycles. The van der Waals surface area contributed by atoms with Crippen LogP contribution in [0.3, 0.4) is 0 Å². The number of nitrogen functional groups attached to an aromatic ring is 1. The minimum atomic E-state index is 0.341. The molecular weight excluding hydrogens is 236 g/mol. The maximum atomic E-state index is 5.78. The van der Waals surface area contributed by atoms with Crippen molar-refractivity contribution >= 4 is 29.0 Å². The van der Waals surface area contributed by atoms with Gasteiger partial charge >= 0.3 is 0 Å². The fraction of sp³-hybridized carbons (Fsp3) is 0.250. The molecular formula is C8H9ClN4OS. The van der Waals surface area contributed by atoms with Gasteiger partial charge in [-0.05, 0) is 11.5 Å². The first-order chi connectivity index (χ1) is 7.19. The summed E-state index contributed by atoms with van der Waals surface area (Å²) in [5.41, 5.74) is 5.52. The quantitative estimate of drug-likeness (QED) is 0.891. The third-order valence-corrected chi connectivity index (χ3v) is 2.85. The summed E-state index contributed by atoms with van der Waals surface area (Å²) < 4.78 is 10.7. The number of ether oxygens (including phenoxy) is 1. The van der Waals surface area contributed by atoms with Gasteiger partial charge in [-0.2, -0.15) is 9.47 Å². The molecule has 15 heavy (non-hydrogen) atoms. The van der Waals surface area contributed by atoms with Crippen molar-refractivity contribution in [2.75, 3.05) is 12.8 Å². The maximum absolute atomic E-state index is 5.78.